The van der Waals surface area contributed by atoms with Crippen LogP contribution in [-0.2, 0) is 25.5 Å². The Bertz CT molecular complexity index is 1130. The van der Waals surface area contributed by atoms with Crippen LogP contribution < -0.4 is 4.90 Å². The zero-order valence-electron chi connectivity index (χ0n) is 15.9. The molecule has 146 valence electrons. The van der Waals surface area contributed by atoms with Gasteiger partial charge in [0, 0.05) is 16.6 Å². The van der Waals surface area contributed by atoms with Crippen LogP contribution in [0.4, 0.5) is 5.69 Å². The number of aromatic nitrogens is 1. The summed E-state index contributed by atoms with van der Waals surface area (Å²) < 4.78 is 5.33. The van der Waals surface area contributed by atoms with Gasteiger partial charge in [-0.15, -0.1) is 0 Å². The number of ether oxygens (including phenoxy) is 1. The minimum atomic E-state index is -0.818. The Morgan fingerprint density at radius 1 is 1.07 bits per heavy atom. The van der Waals surface area contributed by atoms with E-state index in [-0.39, 0.29) is 18.4 Å². The zero-order chi connectivity index (χ0) is 20.1. The number of amides is 2. The molecule has 5 rings (SSSR count). The fourth-order valence-corrected chi connectivity index (χ4v) is 4.77. The maximum atomic E-state index is 13.4. The van der Waals surface area contributed by atoms with E-state index >= 15 is 0 Å². The molecule has 29 heavy (non-hydrogen) atoms. The highest BCUT2D eigenvalue weighted by molar-refractivity contribution is 6.23. The van der Waals surface area contributed by atoms with Gasteiger partial charge in [0.1, 0.15) is 5.92 Å². The number of H-pyrrole nitrogens is 1. The number of para-hydroxylation sites is 2. The molecule has 0 spiro atoms. The lowest BCUT2D eigenvalue weighted by atomic mass is 9.72. The molecule has 0 radical (unpaired) electrons. The Balaban J connectivity index is 1.66. The average molecular weight is 388 g/mol. The molecule has 2 aromatic carbocycles. The molecular weight excluding hydrogens is 368 g/mol. The number of anilines is 1. The number of hydrogen-bond donors (Lipinski definition) is 1. The molecule has 0 bridgehead atoms. The van der Waals surface area contributed by atoms with Crippen molar-refractivity contribution in [1.29, 1.82) is 0 Å². The minimum absolute atomic E-state index is 0.215. The summed E-state index contributed by atoms with van der Waals surface area (Å²) in [6.45, 7) is 1.95. The van der Waals surface area contributed by atoms with Gasteiger partial charge in [0.2, 0.25) is 11.8 Å². The first kappa shape index (κ1) is 17.7. The summed E-state index contributed by atoms with van der Waals surface area (Å²) in [6, 6.07) is 16.6. The molecular formula is C23H20N2O4. The molecule has 1 N–H and O–H groups in total. The number of nitrogens with zero attached hydrogens (tertiary/aromatic N) is 1. The summed E-state index contributed by atoms with van der Waals surface area (Å²) in [5.74, 6) is -3.22. The van der Waals surface area contributed by atoms with E-state index < -0.39 is 23.7 Å². The Morgan fingerprint density at radius 2 is 1.79 bits per heavy atom. The average Bonchev–Trinajstić information content (AvgIpc) is 3.22. The zero-order valence-corrected chi connectivity index (χ0v) is 15.9. The van der Waals surface area contributed by atoms with Crippen LogP contribution in [0.15, 0.2) is 54.6 Å². The van der Waals surface area contributed by atoms with Crippen LogP contribution in [0, 0.1) is 11.8 Å². The number of carbonyl (C=O) groups is 3. The van der Waals surface area contributed by atoms with Gasteiger partial charge in [0.15, 0.2) is 0 Å². The van der Waals surface area contributed by atoms with Gasteiger partial charge in [-0.2, -0.15) is 0 Å². The highest BCUT2D eigenvalue weighted by atomic mass is 16.5. The number of carbonyl (C=O) groups excluding carboxylic acids is 3. The number of benzene rings is 2. The van der Waals surface area contributed by atoms with Gasteiger partial charge in [-0.3, -0.25) is 19.3 Å². The minimum Gasteiger partial charge on any atom is -0.465 e. The van der Waals surface area contributed by atoms with Crippen LogP contribution in [-0.4, -0.2) is 29.4 Å². The lowest BCUT2D eigenvalue weighted by Crippen LogP contribution is -2.37. The fourth-order valence-electron chi connectivity index (χ4n) is 4.77. The van der Waals surface area contributed by atoms with E-state index in [0.717, 1.165) is 16.5 Å². The number of nitrogens with one attached hydrogen (secondary N) is 1. The third-order valence-corrected chi connectivity index (χ3v) is 5.97. The molecule has 1 fully saturated rings. The molecule has 6 heteroatoms. The second kappa shape index (κ2) is 6.58. The third kappa shape index (κ3) is 2.52. The van der Waals surface area contributed by atoms with E-state index in [1.54, 1.807) is 31.2 Å². The van der Waals surface area contributed by atoms with Gasteiger partial charge in [-0.1, -0.05) is 36.4 Å². The standard InChI is InChI=1S/C23H20N2O4/c1-2-29-23(28)19-18-16(12-15-14-10-6-7-11-17(14)24-20(15)19)21(26)25(22(18)27)13-8-4-3-5-9-13/h3-11,16,18-19,24H,2,12H2,1H3/t16-,18-,19-/m1/s1. The maximum absolute atomic E-state index is 13.4. The predicted molar refractivity (Wildman–Crippen MR) is 107 cm³/mol. The first-order valence-corrected chi connectivity index (χ1v) is 9.80. The number of esters is 1. The topological polar surface area (TPSA) is 79.5 Å². The van der Waals surface area contributed by atoms with Gasteiger partial charge < -0.3 is 9.72 Å². The largest absolute Gasteiger partial charge is 0.465 e. The summed E-state index contributed by atoms with van der Waals surface area (Å²) in [4.78, 5) is 44.2. The summed E-state index contributed by atoms with van der Waals surface area (Å²) in [5.41, 5.74) is 3.05. The quantitative estimate of drug-likeness (QED) is 0.552. The van der Waals surface area contributed by atoms with Crippen molar-refractivity contribution in [3.8, 4) is 0 Å². The van der Waals surface area contributed by atoms with Gasteiger partial charge in [-0.05, 0) is 37.1 Å². The molecule has 1 aliphatic carbocycles. The van der Waals surface area contributed by atoms with Crippen molar-refractivity contribution >= 4 is 34.4 Å². The number of rotatable bonds is 3. The second-order valence-electron chi connectivity index (χ2n) is 7.48. The molecule has 2 aliphatic rings. The van der Waals surface area contributed by atoms with Crippen molar-refractivity contribution in [2.45, 2.75) is 19.3 Å². The first-order valence-electron chi connectivity index (χ1n) is 9.80. The van der Waals surface area contributed by atoms with Crippen molar-refractivity contribution in [1.82, 2.24) is 4.98 Å². The third-order valence-electron chi connectivity index (χ3n) is 5.97. The van der Waals surface area contributed by atoms with E-state index in [4.69, 9.17) is 4.74 Å². The molecule has 1 saturated heterocycles. The van der Waals surface area contributed by atoms with Crippen LogP contribution >= 0.6 is 0 Å². The molecule has 1 aromatic heterocycles. The van der Waals surface area contributed by atoms with E-state index in [0.29, 0.717) is 17.8 Å². The van der Waals surface area contributed by atoms with Crippen LogP contribution in [0.1, 0.15) is 24.1 Å². The van der Waals surface area contributed by atoms with Crippen LogP contribution in [0.2, 0.25) is 0 Å². The number of imide groups is 1. The van der Waals surface area contributed by atoms with Crippen LogP contribution in [0.3, 0.4) is 0 Å². The van der Waals surface area contributed by atoms with Gasteiger partial charge in [-0.25, -0.2) is 0 Å². The second-order valence-corrected chi connectivity index (χ2v) is 7.48. The highest BCUT2D eigenvalue weighted by Crippen LogP contribution is 2.48. The Kier molecular flexibility index (Phi) is 4.01. The maximum Gasteiger partial charge on any atom is 0.315 e. The summed E-state index contributed by atoms with van der Waals surface area (Å²) in [7, 11) is 0. The molecule has 0 unspecified atom stereocenters. The normalized spacial score (nSPS) is 23.2. The van der Waals surface area contributed by atoms with E-state index in [1.165, 1.54) is 4.90 Å². The van der Waals surface area contributed by atoms with Crippen molar-refractivity contribution in [3.63, 3.8) is 0 Å². The van der Waals surface area contributed by atoms with Crippen molar-refractivity contribution in [2.24, 2.45) is 11.8 Å². The molecule has 2 amide bonds. The summed E-state index contributed by atoms with van der Waals surface area (Å²) in [5, 5.41) is 0.980. The van der Waals surface area contributed by atoms with Crippen molar-refractivity contribution in [3.05, 3.63) is 65.9 Å². The smallest absolute Gasteiger partial charge is 0.315 e. The van der Waals surface area contributed by atoms with Crippen molar-refractivity contribution < 1.29 is 19.1 Å². The Morgan fingerprint density at radius 3 is 2.55 bits per heavy atom. The molecule has 0 saturated carbocycles. The SMILES string of the molecule is CCOC(=O)[C@H]1c2[nH]c3ccccc3c2C[C@H]2C(=O)N(c3ccccc3)C(=O)[C@H]21. The van der Waals surface area contributed by atoms with Gasteiger partial charge in [0.05, 0.1) is 24.1 Å². The predicted octanol–water partition coefficient (Wildman–Crippen LogP) is 3.18. The van der Waals surface area contributed by atoms with E-state index in [1.807, 2.05) is 30.3 Å². The van der Waals surface area contributed by atoms with E-state index in [9.17, 15) is 14.4 Å². The fraction of sp³-hybridized carbons (Fsp3) is 0.261. The van der Waals surface area contributed by atoms with Crippen LogP contribution in [0.25, 0.3) is 10.9 Å². The van der Waals surface area contributed by atoms with Gasteiger partial charge >= 0.3 is 5.97 Å². The summed E-state index contributed by atoms with van der Waals surface area (Å²) >= 11 is 0. The Hall–Kier alpha value is -3.41. The van der Waals surface area contributed by atoms with E-state index in [2.05, 4.69) is 4.98 Å². The molecule has 3 atom stereocenters. The lowest BCUT2D eigenvalue weighted by Gasteiger charge is -2.29. The van der Waals surface area contributed by atoms with Crippen molar-refractivity contribution in [2.75, 3.05) is 11.5 Å². The van der Waals surface area contributed by atoms with Crippen LogP contribution in [0.5, 0.6) is 0 Å². The molecule has 3 aromatic rings. The number of aromatic amines is 1. The lowest BCUT2D eigenvalue weighted by molar-refractivity contribution is -0.149. The van der Waals surface area contributed by atoms with Gasteiger partial charge in [0.25, 0.3) is 0 Å². The molecule has 2 heterocycles. The molecule has 6 nitrogen and oxygen atoms in total. The monoisotopic (exact) mass is 388 g/mol. The highest BCUT2D eigenvalue weighted by Gasteiger charge is 2.57. The first-order chi connectivity index (χ1) is 14.1. The number of hydrogen-bond acceptors (Lipinski definition) is 4. The Labute approximate surface area is 167 Å². The molecule has 1 aliphatic heterocycles. The number of fused-ring (bicyclic) bond motifs is 4. The summed E-state index contributed by atoms with van der Waals surface area (Å²) in [6.07, 6.45) is 0.424.